The number of hydrogen-bond acceptors (Lipinski definition) is 0. The molecule has 2 aliphatic rings. The van der Waals surface area contributed by atoms with E-state index >= 15 is 0 Å². The SMILES string of the molecule is CC(C)C1=Cc2c(-c3ccc4ccccc4c3)cccc2C1[Si](C)(C)C1C(C(C)C)=Cc2c(-c3ccc4ccccc4c3)cccc21. The highest BCUT2D eigenvalue weighted by molar-refractivity contribution is 6.81. The average molecular weight is 625 g/mol. The van der Waals surface area contributed by atoms with Crippen molar-refractivity contribution in [3.8, 4) is 22.3 Å². The number of rotatable bonds is 6. The summed E-state index contributed by atoms with van der Waals surface area (Å²) in [7, 11) is -2.06. The lowest BCUT2D eigenvalue weighted by Gasteiger charge is -2.41. The van der Waals surface area contributed by atoms with Gasteiger partial charge in [-0.1, -0.05) is 173 Å². The number of allylic oxidation sites excluding steroid dienone is 2. The van der Waals surface area contributed by atoms with Crippen molar-refractivity contribution < 1.29 is 0 Å². The van der Waals surface area contributed by atoms with Crippen LogP contribution in [0.4, 0.5) is 0 Å². The summed E-state index contributed by atoms with van der Waals surface area (Å²) in [6, 6.07) is 45.6. The van der Waals surface area contributed by atoms with Gasteiger partial charge in [-0.05, 0) is 90.0 Å². The van der Waals surface area contributed by atoms with Crippen LogP contribution in [0.2, 0.25) is 13.1 Å². The fraction of sp³-hybridized carbons (Fsp3) is 0.217. The molecule has 0 saturated heterocycles. The molecule has 0 N–H and O–H groups in total. The van der Waals surface area contributed by atoms with Crippen LogP contribution < -0.4 is 0 Å². The maximum atomic E-state index is 2.68. The predicted molar refractivity (Wildman–Crippen MR) is 207 cm³/mol. The maximum absolute atomic E-state index is 2.68. The Morgan fingerprint density at radius 3 is 1.26 bits per heavy atom. The minimum absolute atomic E-state index is 0.459. The zero-order chi connectivity index (χ0) is 32.4. The van der Waals surface area contributed by atoms with Gasteiger partial charge in [-0.3, -0.25) is 0 Å². The molecule has 2 aliphatic carbocycles. The molecule has 0 aromatic heterocycles. The maximum Gasteiger partial charge on any atom is 0.0722 e. The molecule has 6 aromatic carbocycles. The van der Waals surface area contributed by atoms with Crippen molar-refractivity contribution in [2.24, 2.45) is 11.8 Å². The molecule has 1 heteroatoms. The molecular weight excluding hydrogens is 581 g/mol. The van der Waals surface area contributed by atoms with Gasteiger partial charge in [-0.2, -0.15) is 0 Å². The Bertz CT molecular complexity index is 2080. The lowest BCUT2D eigenvalue weighted by molar-refractivity contribution is 0.709. The average Bonchev–Trinajstić information content (AvgIpc) is 3.69. The van der Waals surface area contributed by atoms with Crippen LogP contribution in [0.25, 0.3) is 56.0 Å². The smallest absolute Gasteiger partial charge is 0.0679 e. The quantitative estimate of drug-likeness (QED) is 0.162. The topological polar surface area (TPSA) is 0 Å². The van der Waals surface area contributed by atoms with Crippen LogP contribution in [0.5, 0.6) is 0 Å². The Kier molecular flexibility index (Phi) is 7.22. The molecule has 0 fully saturated rings. The molecule has 0 nitrogen and oxygen atoms in total. The fourth-order valence-electron chi connectivity index (χ4n) is 8.90. The zero-order valence-electron chi connectivity index (χ0n) is 28.5. The summed E-state index contributed by atoms with van der Waals surface area (Å²) in [4.78, 5) is 0. The van der Waals surface area contributed by atoms with Crippen LogP contribution in [-0.2, 0) is 0 Å². The molecule has 2 atom stereocenters. The molecule has 0 radical (unpaired) electrons. The van der Waals surface area contributed by atoms with Crippen LogP contribution in [-0.4, -0.2) is 8.07 Å². The first-order valence-corrected chi connectivity index (χ1v) is 20.5. The standard InChI is InChI=1S/C46H44Si/c1-29(2)41-27-43-37(35-23-21-31-13-7-9-15-33(31)25-35)17-11-19-39(43)45(41)47(5,6)46-40-20-12-18-38(44(40)28-42(46)30(3)4)36-24-22-32-14-8-10-16-34(32)26-36/h7-30,45-46H,1-6H3. The van der Waals surface area contributed by atoms with E-state index in [0.717, 1.165) is 0 Å². The highest BCUT2D eigenvalue weighted by atomic mass is 28.3. The molecule has 0 heterocycles. The van der Waals surface area contributed by atoms with Crippen molar-refractivity contribution in [1.82, 2.24) is 0 Å². The third-order valence-corrected chi connectivity index (χ3v) is 15.4. The Labute approximate surface area is 281 Å². The number of fused-ring (bicyclic) bond motifs is 4. The lowest BCUT2D eigenvalue weighted by Crippen LogP contribution is -2.44. The first-order valence-electron chi connectivity index (χ1n) is 17.4. The minimum Gasteiger partial charge on any atom is -0.0679 e. The molecule has 0 saturated carbocycles. The first-order chi connectivity index (χ1) is 22.7. The van der Waals surface area contributed by atoms with E-state index in [4.69, 9.17) is 0 Å². The summed E-state index contributed by atoms with van der Waals surface area (Å²) in [5.41, 5.74) is 15.5. The van der Waals surface area contributed by atoms with E-state index in [1.807, 2.05) is 0 Å². The molecule has 2 unspecified atom stereocenters. The highest BCUT2D eigenvalue weighted by Crippen LogP contribution is 2.56. The van der Waals surface area contributed by atoms with E-state index in [2.05, 4.69) is 174 Å². The van der Waals surface area contributed by atoms with E-state index in [9.17, 15) is 0 Å². The first kappa shape index (κ1) is 29.9. The van der Waals surface area contributed by atoms with Crippen LogP contribution in [0.15, 0.2) is 132 Å². The van der Waals surface area contributed by atoms with Gasteiger partial charge in [-0.15, -0.1) is 0 Å². The summed E-state index contributed by atoms with van der Waals surface area (Å²) in [5.74, 6) is 0.972. The normalized spacial score (nSPS) is 17.4. The van der Waals surface area contributed by atoms with Gasteiger partial charge in [-0.25, -0.2) is 0 Å². The monoisotopic (exact) mass is 624 g/mol. The van der Waals surface area contributed by atoms with Gasteiger partial charge in [0.2, 0.25) is 0 Å². The van der Waals surface area contributed by atoms with E-state index in [1.165, 1.54) is 54.9 Å². The molecule has 6 aromatic rings. The number of benzene rings is 6. The van der Waals surface area contributed by atoms with E-state index in [-0.39, 0.29) is 0 Å². The van der Waals surface area contributed by atoms with E-state index in [0.29, 0.717) is 22.9 Å². The van der Waals surface area contributed by atoms with Crippen molar-refractivity contribution in [1.29, 1.82) is 0 Å². The fourth-order valence-corrected chi connectivity index (χ4v) is 13.9. The van der Waals surface area contributed by atoms with E-state index in [1.54, 1.807) is 22.3 Å². The largest absolute Gasteiger partial charge is 0.0722 e. The van der Waals surface area contributed by atoms with Gasteiger partial charge >= 0.3 is 0 Å². The molecule has 0 bridgehead atoms. The van der Waals surface area contributed by atoms with Crippen LogP contribution in [0, 0.1) is 11.8 Å². The third kappa shape index (κ3) is 4.86. The van der Waals surface area contributed by atoms with Crippen LogP contribution >= 0.6 is 0 Å². The molecule has 47 heavy (non-hydrogen) atoms. The summed E-state index contributed by atoms with van der Waals surface area (Å²) >= 11 is 0. The summed E-state index contributed by atoms with van der Waals surface area (Å²) < 4.78 is 0. The molecule has 232 valence electrons. The highest BCUT2D eigenvalue weighted by Gasteiger charge is 2.49. The summed E-state index contributed by atoms with van der Waals surface area (Å²) in [6.07, 6.45) is 5.17. The Morgan fingerprint density at radius 1 is 0.447 bits per heavy atom. The second-order valence-corrected chi connectivity index (χ2v) is 19.8. The van der Waals surface area contributed by atoms with Crippen molar-refractivity contribution in [2.45, 2.75) is 51.9 Å². The summed E-state index contributed by atoms with van der Waals surface area (Å²) in [6.45, 7) is 15.0. The van der Waals surface area contributed by atoms with Crippen molar-refractivity contribution in [3.63, 3.8) is 0 Å². The third-order valence-electron chi connectivity index (χ3n) is 11.1. The predicted octanol–water partition coefficient (Wildman–Crippen LogP) is 13.1. The van der Waals surface area contributed by atoms with Gasteiger partial charge in [0.05, 0.1) is 8.07 Å². The Hall–Kier alpha value is -4.46. The second kappa shape index (κ2) is 11.4. The molecule has 0 spiro atoms. The minimum atomic E-state index is -2.06. The van der Waals surface area contributed by atoms with Crippen molar-refractivity contribution in [2.75, 3.05) is 0 Å². The Balaban J connectivity index is 1.27. The van der Waals surface area contributed by atoms with Crippen molar-refractivity contribution >= 4 is 41.8 Å². The van der Waals surface area contributed by atoms with E-state index < -0.39 is 8.07 Å². The molecule has 0 aliphatic heterocycles. The molecule has 0 amide bonds. The second-order valence-electron chi connectivity index (χ2n) is 15.0. The zero-order valence-corrected chi connectivity index (χ0v) is 29.5. The summed E-state index contributed by atoms with van der Waals surface area (Å²) in [5, 5.41) is 5.20. The molecule has 8 rings (SSSR count). The van der Waals surface area contributed by atoms with Gasteiger partial charge < -0.3 is 0 Å². The van der Waals surface area contributed by atoms with Crippen molar-refractivity contribution in [3.05, 3.63) is 155 Å². The van der Waals surface area contributed by atoms with Gasteiger partial charge in [0, 0.05) is 11.1 Å². The lowest BCUT2D eigenvalue weighted by atomic mass is 9.95. The van der Waals surface area contributed by atoms with Crippen LogP contribution in [0.1, 0.15) is 61.0 Å². The van der Waals surface area contributed by atoms with Gasteiger partial charge in [0.1, 0.15) is 0 Å². The van der Waals surface area contributed by atoms with Gasteiger partial charge in [0.25, 0.3) is 0 Å². The number of hydrogen-bond donors (Lipinski definition) is 0. The Morgan fingerprint density at radius 2 is 0.851 bits per heavy atom. The van der Waals surface area contributed by atoms with Gasteiger partial charge in [0.15, 0.2) is 0 Å². The molecular formula is C46H44Si. The van der Waals surface area contributed by atoms with Crippen LogP contribution in [0.3, 0.4) is 0 Å².